The maximum Gasteiger partial charge on any atom is 0.315 e. The number of hydrogen-bond acceptors (Lipinski definition) is 3. The number of fused-ring (bicyclic) bond motifs is 2. The van der Waals surface area contributed by atoms with Gasteiger partial charge in [-0.15, -0.1) is 0 Å². The van der Waals surface area contributed by atoms with Crippen molar-refractivity contribution in [3.05, 3.63) is 30.5 Å². The molecule has 3 N–H and O–H groups in total. The Hall–Kier alpha value is -2.15. The van der Waals surface area contributed by atoms with Gasteiger partial charge in [0.25, 0.3) is 0 Å². The van der Waals surface area contributed by atoms with Crippen LogP contribution in [-0.4, -0.2) is 39.6 Å². The summed E-state index contributed by atoms with van der Waals surface area (Å²) in [7, 11) is 0. The Kier molecular flexibility index (Phi) is 5.53. The Balaban J connectivity index is 1.26. The zero-order valence-corrected chi connectivity index (χ0v) is 17.2. The largest absolute Gasteiger partial charge is 0.345 e. The molecular weight excluding hydrogens is 372 g/mol. The molecule has 1 aromatic carbocycles. The molecule has 0 unspecified atom stereocenters. The van der Waals surface area contributed by atoms with E-state index in [0.29, 0.717) is 17.7 Å². The molecule has 4 rings (SSSR count). The number of benzene rings is 1. The fourth-order valence-corrected chi connectivity index (χ4v) is 5.78. The van der Waals surface area contributed by atoms with E-state index in [1.54, 1.807) is 0 Å². The quantitative estimate of drug-likeness (QED) is 0.488. The number of rotatable bonds is 7. The molecule has 2 saturated heterocycles. The van der Waals surface area contributed by atoms with Gasteiger partial charge in [0.15, 0.2) is 0 Å². The highest BCUT2D eigenvalue weighted by Crippen LogP contribution is 2.33. The Morgan fingerprint density at radius 3 is 2.96 bits per heavy atom. The first-order chi connectivity index (χ1) is 13.5. The fraction of sp³-hybridized carbons (Fsp3) is 0.524. The minimum Gasteiger partial charge on any atom is -0.345 e. The molecule has 2 aromatic rings. The van der Waals surface area contributed by atoms with E-state index in [4.69, 9.17) is 0 Å². The Labute approximate surface area is 169 Å². The molecule has 150 valence electrons. The van der Waals surface area contributed by atoms with Crippen molar-refractivity contribution in [2.45, 2.75) is 62.9 Å². The highest BCUT2D eigenvalue weighted by Gasteiger charge is 2.42. The van der Waals surface area contributed by atoms with E-state index < -0.39 is 0 Å². The maximum atomic E-state index is 12.4. The molecule has 0 radical (unpaired) electrons. The monoisotopic (exact) mass is 400 g/mol. The second-order valence-corrected chi connectivity index (χ2v) is 9.24. The SMILES string of the molecule is CC(C)n1ccc2c(NC(=O)CCCC[C@@H]3SC[C@@H]4NC(=O)N[C@@H]43)cccc21. The summed E-state index contributed by atoms with van der Waals surface area (Å²) in [5, 5.41) is 10.6. The van der Waals surface area contributed by atoms with E-state index in [2.05, 4.69) is 52.7 Å². The molecule has 2 aliphatic heterocycles. The minimum atomic E-state index is -0.0415. The number of aromatic nitrogens is 1. The molecule has 3 amide bonds. The Morgan fingerprint density at radius 2 is 2.14 bits per heavy atom. The van der Waals surface area contributed by atoms with Gasteiger partial charge in [-0.05, 0) is 44.9 Å². The third-order valence-electron chi connectivity index (χ3n) is 5.67. The van der Waals surface area contributed by atoms with Crippen LogP contribution in [0.4, 0.5) is 10.5 Å². The van der Waals surface area contributed by atoms with Crippen molar-refractivity contribution < 1.29 is 9.59 Å². The first-order valence-electron chi connectivity index (χ1n) is 10.1. The van der Waals surface area contributed by atoms with Gasteiger partial charge >= 0.3 is 6.03 Å². The smallest absolute Gasteiger partial charge is 0.315 e. The topological polar surface area (TPSA) is 75.2 Å². The lowest BCUT2D eigenvalue weighted by molar-refractivity contribution is -0.116. The highest BCUT2D eigenvalue weighted by molar-refractivity contribution is 8.00. The van der Waals surface area contributed by atoms with Gasteiger partial charge in [-0.2, -0.15) is 11.8 Å². The van der Waals surface area contributed by atoms with Gasteiger partial charge in [0.05, 0.1) is 23.3 Å². The number of amides is 3. The molecule has 3 heterocycles. The zero-order chi connectivity index (χ0) is 19.7. The molecule has 0 aliphatic carbocycles. The summed E-state index contributed by atoms with van der Waals surface area (Å²) < 4.78 is 2.22. The number of carbonyl (C=O) groups excluding carboxylic acids is 2. The molecule has 6 nitrogen and oxygen atoms in total. The third-order valence-corrected chi connectivity index (χ3v) is 7.18. The average molecular weight is 401 g/mol. The van der Waals surface area contributed by atoms with E-state index in [9.17, 15) is 9.59 Å². The third kappa shape index (κ3) is 3.85. The molecule has 2 fully saturated rings. The van der Waals surface area contributed by atoms with Gasteiger partial charge < -0.3 is 20.5 Å². The standard InChI is InChI=1S/C21H28N4O2S/c1-13(2)25-11-10-14-15(6-5-7-17(14)25)22-19(26)9-4-3-8-18-20-16(12-28-18)23-21(27)24-20/h5-7,10-11,13,16,18,20H,3-4,8-9,12H2,1-2H3,(H,22,26)(H2,23,24,27)/t16-,18-,20-/m0/s1. The number of nitrogens with zero attached hydrogens (tertiary/aromatic N) is 1. The van der Waals surface area contributed by atoms with Gasteiger partial charge in [0.2, 0.25) is 5.91 Å². The van der Waals surface area contributed by atoms with Gasteiger partial charge in [-0.3, -0.25) is 4.79 Å². The minimum absolute atomic E-state index is 0.0415. The predicted molar refractivity (Wildman–Crippen MR) is 115 cm³/mol. The average Bonchev–Trinajstić information content (AvgIpc) is 3.33. The second kappa shape index (κ2) is 8.07. The summed E-state index contributed by atoms with van der Waals surface area (Å²) in [5.74, 6) is 1.05. The zero-order valence-electron chi connectivity index (χ0n) is 16.4. The van der Waals surface area contributed by atoms with Gasteiger partial charge in [-0.25, -0.2) is 4.79 Å². The lowest BCUT2D eigenvalue weighted by atomic mass is 10.0. The van der Waals surface area contributed by atoms with Crippen LogP contribution >= 0.6 is 11.8 Å². The van der Waals surface area contributed by atoms with Crippen molar-refractivity contribution in [3.63, 3.8) is 0 Å². The number of carbonyl (C=O) groups is 2. The summed E-state index contributed by atoms with van der Waals surface area (Å²) >= 11 is 1.92. The Morgan fingerprint density at radius 1 is 1.29 bits per heavy atom. The summed E-state index contributed by atoms with van der Waals surface area (Å²) in [5.41, 5.74) is 2.03. The van der Waals surface area contributed by atoms with Crippen LogP contribution in [0.2, 0.25) is 0 Å². The van der Waals surface area contributed by atoms with Gasteiger partial charge in [0.1, 0.15) is 0 Å². The molecule has 1 aromatic heterocycles. The van der Waals surface area contributed by atoms with E-state index in [0.717, 1.165) is 41.6 Å². The maximum absolute atomic E-state index is 12.4. The number of urea groups is 1. The van der Waals surface area contributed by atoms with Crippen molar-refractivity contribution in [2.24, 2.45) is 0 Å². The van der Waals surface area contributed by atoms with Gasteiger partial charge in [0, 0.05) is 35.0 Å². The number of thioether (sulfide) groups is 1. The van der Waals surface area contributed by atoms with Gasteiger partial charge in [-0.1, -0.05) is 12.5 Å². The summed E-state index contributed by atoms with van der Waals surface area (Å²) in [6, 6.07) is 8.98. The van der Waals surface area contributed by atoms with Crippen LogP contribution in [0.3, 0.4) is 0 Å². The number of unbranched alkanes of at least 4 members (excludes halogenated alkanes) is 1. The van der Waals surface area contributed by atoms with Crippen molar-refractivity contribution in [1.82, 2.24) is 15.2 Å². The van der Waals surface area contributed by atoms with Crippen molar-refractivity contribution in [2.75, 3.05) is 11.1 Å². The molecule has 28 heavy (non-hydrogen) atoms. The highest BCUT2D eigenvalue weighted by atomic mass is 32.2. The summed E-state index contributed by atoms with van der Waals surface area (Å²) in [6.07, 6.45) is 5.50. The Bertz CT molecular complexity index is 878. The van der Waals surface area contributed by atoms with Crippen LogP contribution < -0.4 is 16.0 Å². The lowest BCUT2D eigenvalue weighted by Crippen LogP contribution is -2.36. The summed E-state index contributed by atoms with van der Waals surface area (Å²) in [4.78, 5) is 23.9. The number of anilines is 1. The first-order valence-corrected chi connectivity index (χ1v) is 11.2. The molecule has 3 atom stereocenters. The number of nitrogens with one attached hydrogen (secondary N) is 3. The van der Waals surface area contributed by atoms with Crippen LogP contribution in [-0.2, 0) is 4.79 Å². The van der Waals surface area contributed by atoms with Crippen molar-refractivity contribution in [3.8, 4) is 0 Å². The first kappa shape index (κ1) is 19.2. The van der Waals surface area contributed by atoms with Crippen molar-refractivity contribution >= 4 is 40.3 Å². The summed E-state index contributed by atoms with van der Waals surface area (Å²) in [6.45, 7) is 4.31. The van der Waals surface area contributed by atoms with E-state index in [1.165, 1.54) is 0 Å². The molecule has 0 bridgehead atoms. The molecular formula is C21H28N4O2S. The fourth-order valence-electron chi connectivity index (χ4n) is 4.23. The number of hydrogen-bond donors (Lipinski definition) is 3. The van der Waals surface area contributed by atoms with E-state index in [-0.39, 0.29) is 24.0 Å². The van der Waals surface area contributed by atoms with E-state index in [1.807, 2.05) is 23.9 Å². The molecule has 2 aliphatic rings. The van der Waals surface area contributed by atoms with Crippen LogP contribution in [0.5, 0.6) is 0 Å². The van der Waals surface area contributed by atoms with E-state index >= 15 is 0 Å². The van der Waals surface area contributed by atoms with Crippen LogP contribution in [0.1, 0.15) is 45.6 Å². The molecule has 0 spiro atoms. The second-order valence-electron chi connectivity index (χ2n) is 7.97. The van der Waals surface area contributed by atoms with Crippen LogP contribution in [0.25, 0.3) is 10.9 Å². The predicted octanol–water partition coefficient (Wildman–Crippen LogP) is 3.89. The van der Waals surface area contributed by atoms with Crippen LogP contribution in [0, 0.1) is 0 Å². The van der Waals surface area contributed by atoms with Crippen LogP contribution in [0.15, 0.2) is 30.5 Å². The van der Waals surface area contributed by atoms with Crippen molar-refractivity contribution in [1.29, 1.82) is 0 Å². The normalized spacial score (nSPS) is 23.7. The molecule has 7 heteroatoms. The molecule has 0 saturated carbocycles. The lowest BCUT2D eigenvalue weighted by Gasteiger charge is -2.16.